The van der Waals surface area contributed by atoms with Gasteiger partial charge in [0.1, 0.15) is 0 Å². The normalized spacial score (nSPS) is 11.3. The van der Waals surface area contributed by atoms with Crippen molar-refractivity contribution in [2.45, 2.75) is 19.0 Å². The summed E-state index contributed by atoms with van der Waals surface area (Å²) < 4.78 is 11.8. The Hall–Kier alpha value is -3.53. The van der Waals surface area contributed by atoms with E-state index in [4.69, 9.17) is 15.3 Å². The molecule has 3 N–H and O–H groups in total. The maximum atomic E-state index is 12.3. The van der Waals surface area contributed by atoms with E-state index in [0.29, 0.717) is 27.9 Å². The number of ketones is 1. The number of nitrogens with one attached hydrogen (secondary N) is 1. The van der Waals surface area contributed by atoms with Crippen LogP contribution >= 0.6 is 11.8 Å². The summed E-state index contributed by atoms with van der Waals surface area (Å²) in [6.45, 7) is 3.81. The summed E-state index contributed by atoms with van der Waals surface area (Å²) in [5, 5.41) is 12.7. The van der Waals surface area contributed by atoms with Crippen molar-refractivity contribution in [3.8, 4) is 11.5 Å². The van der Waals surface area contributed by atoms with Crippen molar-refractivity contribution < 1.29 is 14.3 Å². The van der Waals surface area contributed by atoms with Crippen LogP contribution in [0.15, 0.2) is 52.7 Å². The van der Waals surface area contributed by atoms with Crippen LogP contribution in [0, 0.1) is 6.92 Å². The number of anilines is 1. The summed E-state index contributed by atoms with van der Waals surface area (Å²) in [4.78, 5) is 12.3. The maximum absolute atomic E-state index is 12.3. The number of methoxy groups -OCH3 is 2. The fourth-order valence-corrected chi connectivity index (χ4v) is 3.42. The molecule has 0 atom stereocenters. The lowest BCUT2D eigenvalue weighted by Crippen LogP contribution is -2.14. The number of nitrogens with two attached hydrogens (primary N) is 1. The van der Waals surface area contributed by atoms with Gasteiger partial charge in [0.25, 0.3) is 5.95 Å². The SMILES string of the molecule is COc1ccc(/C(C)=N/Nc2nnc(SCC(=O)c3ccc(C)cc3)n2N)cc1OC. The molecule has 0 saturated heterocycles. The van der Waals surface area contributed by atoms with E-state index in [0.717, 1.165) is 11.1 Å². The Kier molecular flexibility index (Phi) is 7.14. The second-order valence-corrected chi connectivity index (χ2v) is 7.58. The predicted octanol–water partition coefficient (Wildman–Crippen LogP) is 3.13. The van der Waals surface area contributed by atoms with Gasteiger partial charge in [-0.2, -0.15) is 5.10 Å². The Balaban J connectivity index is 1.64. The average molecular weight is 441 g/mol. The third-order valence-corrected chi connectivity index (χ3v) is 5.44. The number of carbonyl (C=O) groups is 1. The van der Waals surface area contributed by atoms with Crippen LogP contribution in [0.1, 0.15) is 28.4 Å². The number of ether oxygens (including phenoxy) is 2. The molecule has 10 heteroatoms. The number of hydrazone groups is 1. The zero-order valence-corrected chi connectivity index (χ0v) is 18.6. The molecule has 31 heavy (non-hydrogen) atoms. The lowest BCUT2D eigenvalue weighted by Gasteiger charge is -2.09. The number of benzene rings is 2. The highest BCUT2D eigenvalue weighted by Crippen LogP contribution is 2.27. The smallest absolute Gasteiger partial charge is 0.264 e. The number of aromatic nitrogens is 3. The Morgan fingerprint density at radius 2 is 1.77 bits per heavy atom. The van der Waals surface area contributed by atoms with Gasteiger partial charge in [0.05, 0.1) is 25.7 Å². The molecule has 9 nitrogen and oxygen atoms in total. The molecule has 1 aromatic heterocycles. The minimum Gasteiger partial charge on any atom is -0.493 e. The second-order valence-electron chi connectivity index (χ2n) is 6.63. The van der Waals surface area contributed by atoms with Crippen molar-refractivity contribution in [2.24, 2.45) is 5.10 Å². The number of thioether (sulfide) groups is 1. The van der Waals surface area contributed by atoms with Crippen LogP contribution in [0.5, 0.6) is 11.5 Å². The Morgan fingerprint density at radius 1 is 1.10 bits per heavy atom. The van der Waals surface area contributed by atoms with Crippen LogP contribution in [-0.2, 0) is 0 Å². The number of hydrogen-bond acceptors (Lipinski definition) is 9. The lowest BCUT2D eigenvalue weighted by atomic mass is 10.1. The molecule has 3 rings (SSSR count). The standard InChI is InChI=1S/C21H24N6O3S/c1-13-5-7-15(8-6-13)17(28)12-31-21-26-25-20(27(21)22)24-23-14(2)16-9-10-18(29-3)19(11-16)30-4/h5-11H,12,22H2,1-4H3,(H,24,25)/b23-14+. The minimum atomic E-state index is -0.00942. The quantitative estimate of drug-likeness (QED) is 0.171. The van der Waals surface area contributed by atoms with Crippen molar-refractivity contribution in [3.63, 3.8) is 0 Å². The molecule has 0 radical (unpaired) electrons. The third-order valence-electron chi connectivity index (χ3n) is 4.50. The summed E-state index contributed by atoms with van der Waals surface area (Å²) >= 11 is 1.21. The molecule has 0 bridgehead atoms. The predicted molar refractivity (Wildman–Crippen MR) is 122 cm³/mol. The van der Waals surface area contributed by atoms with Gasteiger partial charge in [0, 0.05) is 11.1 Å². The number of hydrogen-bond donors (Lipinski definition) is 2. The molecule has 2 aromatic carbocycles. The van der Waals surface area contributed by atoms with Gasteiger partial charge in [0.2, 0.25) is 5.16 Å². The highest BCUT2D eigenvalue weighted by atomic mass is 32.2. The first-order valence-electron chi connectivity index (χ1n) is 9.38. The van der Waals surface area contributed by atoms with Crippen molar-refractivity contribution in [3.05, 3.63) is 59.2 Å². The summed E-state index contributed by atoms with van der Waals surface area (Å²) in [7, 11) is 3.16. The van der Waals surface area contributed by atoms with E-state index in [-0.39, 0.29) is 17.5 Å². The van der Waals surface area contributed by atoms with Gasteiger partial charge in [-0.05, 0) is 32.0 Å². The van der Waals surface area contributed by atoms with E-state index in [2.05, 4.69) is 20.7 Å². The minimum absolute atomic E-state index is 0.00942. The zero-order chi connectivity index (χ0) is 22.4. The van der Waals surface area contributed by atoms with Crippen LogP contribution in [0.3, 0.4) is 0 Å². The first-order chi connectivity index (χ1) is 14.9. The monoisotopic (exact) mass is 440 g/mol. The molecule has 0 spiro atoms. The summed E-state index contributed by atoms with van der Waals surface area (Å²) in [5.74, 6) is 7.73. The van der Waals surface area contributed by atoms with E-state index in [1.54, 1.807) is 20.3 Å². The van der Waals surface area contributed by atoms with E-state index in [1.165, 1.54) is 16.4 Å². The topological polar surface area (TPSA) is 117 Å². The van der Waals surface area contributed by atoms with E-state index in [1.807, 2.05) is 50.2 Å². The van der Waals surface area contributed by atoms with E-state index >= 15 is 0 Å². The lowest BCUT2D eigenvalue weighted by molar-refractivity contribution is 0.102. The molecule has 0 amide bonds. The molecular formula is C21H24N6O3S. The number of carbonyl (C=O) groups excluding carboxylic acids is 1. The Morgan fingerprint density at radius 3 is 2.45 bits per heavy atom. The third kappa shape index (κ3) is 5.34. The van der Waals surface area contributed by atoms with Gasteiger partial charge in [-0.1, -0.05) is 41.6 Å². The van der Waals surface area contributed by atoms with Crippen LogP contribution < -0.4 is 20.7 Å². The molecule has 0 aliphatic carbocycles. The molecule has 0 unspecified atom stereocenters. The van der Waals surface area contributed by atoms with Crippen LogP contribution in [-0.4, -0.2) is 46.3 Å². The van der Waals surface area contributed by atoms with E-state index in [9.17, 15) is 4.79 Å². The first kappa shape index (κ1) is 22.2. The molecule has 0 fully saturated rings. The number of Topliss-reactive ketones (excluding diaryl/α,β-unsaturated/α-hetero) is 1. The average Bonchev–Trinajstić information content (AvgIpc) is 3.14. The van der Waals surface area contributed by atoms with Crippen molar-refractivity contribution in [2.75, 3.05) is 31.2 Å². The van der Waals surface area contributed by atoms with Gasteiger partial charge < -0.3 is 15.3 Å². The number of rotatable bonds is 9. The molecule has 0 aliphatic rings. The number of aryl methyl sites for hydroxylation is 1. The number of nitrogen functional groups attached to an aromatic ring is 1. The summed E-state index contributed by atoms with van der Waals surface area (Å²) in [5.41, 5.74) is 6.08. The first-order valence-corrected chi connectivity index (χ1v) is 10.4. The maximum Gasteiger partial charge on any atom is 0.264 e. The Labute approximate surface area is 184 Å². The van der Waals surface area contributed by atoms with Gasteiger partial charge in [-0.25, -0.2) is 10.1 Å². The molecular weight excluding hydrogens is 416 g/mol. The molecule has 1 heterocycles. The summed E-state index contributed by atoms with van der Waals surface area (Å²) in [6, 6.07) is 12.9. The van der Waals surface area contributed by atoms with Gasteiger partial charge in [-0.3, -0.25) is 4.79 Å². The fraction of sp³-hybridized carbons (Fsp3) is 0.238. The molecule has 0 aliphatic heterocycles. The second kappa shape index (κ2) is 9.98. The van der Waals surface area contributed by atoms with E-state index < -0.39 is 0 Å². The zero-order valence-electron chi connectivity index (χ0n) is 17.7. The molecule has 0 saturated carbocycles. The van der Waals surface area contributed by atoms with Crippen molar-refractivity contribution in [1.82, 2.24) is 14.9 Å². The molecule has 3 aromatic rings. The number of nitrogens with zero attached hydrogens (tertiary/aromatic N) is 4. The van der Waals surface area contributed by atoms with Crippen molar-refractivity contribution >= 4 is 29.2 Å². The molecule has 162 valence electrons. The largest absolute Gasteiger partial charge is 0.493 e. The Bertz CT molecular complexity index is 1090. The van der Waals surface area contributed by atoms with Crippen LogP contribution in [0.4, 0.5) is 5.95 Å². The van der Waals surface area contributed by atoms with Crippen LogP contribution in [0.2, 0.25) is 0 Å². The highest BCUT2D eigenvalue weighted by molar-refractivity contribution is 7.99. The summed E-state index contributed by atoms with van der Waals surface area (Å²) in [6.07, 6.45) is 0. The fourth-order valence-electron chi connectivity index (χ4n) is 2.66. The van der Waals surface area contributed by atoms with Gasteiger partial charge >= 0.3 is 0 Å². The van der Waals surface area contributed by atoms with Gasteiger partial charge in [0.15, 0.2) is 17.3 Å². The van der Waals surface area contributed by atoms with Crippen LogP contribution in [0.25, 0.3) is 0 Å². The van der Waals surface area contributed by atoms with Crippen molar-refractivity contribution in [1.29, 1.82) is 0 Å². The van der Waals surface area contributed by atoms with Gasteiger partial charge in [-0.15, -0.1) is 10.2 Å². The highest BCUT2D eigenvalue weighted by Gasteiger charge is 2.13.